The summed E-state index contributed by atoms with van der Waals surface area (Å²) in [5.41, 5.74) is 0. The second kappa shape index (κ2) is 4.44. The molecule has 0 aromatic heterocycles. The van der Waals surface area contributed by atoms with Gasteiger partial charge in [0.1, 0.15) is 0 Å². The monoisotopic (exact) mass is 146 g/mol. The summed E-state index contributed by atoms with van der Waals surface area (Å²) in [6.45, 7) is 3.35. The van der Waals surface area contributed by atoms with Crippen molar-refractivity contribution >= 4 is 16.9 Å². The molecule has 0 aliphatic carbocycles. The highest BCUT2D eigenvalue weighted by Crippen LogP contribution is 2.11. The number of carbonyl (C=O) groups is 1. The van der Waals surface area contributed by atoms with Crippen LogP contribution in [0.4, 0.5) is 0 Å². The van der Waals surface area contributed by atoms with Gasteiger partial charge < -0.3 is 5.11 Å². The molecule has 0 bridgehead atoms. The van der Waals surface area contributed by atoms with Crippen molar-refractivity contribution in [3.63, 3.8) is 0 Å². The number of carbonyl (C=O) groups excluding carboxylic acids is 1. The van der Waals surface area contributed by atoms with Crippen molar-refractivity contribution in [3.8, 4) is 0 Å². The van der Waals surface area contributed by atoms with E-state index in [1.165, 1.54) is 18.7 Å². The predicted octanol–water partition coefficient (Wildman–Crippen LogP) is 1.73. The van der Waals surface area contributed by atoms with Crippen molar-refractivity contribution in [3.05, 3.63) is 12.3 Å². The first kappa shape index (κ1) is 8.56. The van der Waals surface area contributed by atoms with Crippen LogP contribution < -0.4 is 0 Å². The molecule has 0 radical (unpaired) electrons. The molecule has 0 saturated heterocycles. The Labute approximate surface area is 59.0 Å². The molecule has 0 spiro atoms. The van der Waals surface area contributed by atoms with E-state index in [1.54, 1.807) is 6.08 Å². The van der Waals surface area contributed by atoms with Crippen molar-refractivity contribution in [2.45, 2.75) is 19.1 Å². The molecule has 3 heteroatoms. The van der Waals surface area contributed by atoms with E-state index in [1.807, 2.05) is 6.92 Å². The quantitative estimate of drug-likeness (QED) is 0.603. The van der Waals surface area contributed by atoms with Crippen LogP contribution in [0, 0.1) is 0 Å². The Kier molecular flexibility index (Phi) is 4.22. The van der Waals surface area contributed by atoms with Crippen LogP contribution in [0.5, 0.6) is 0 Å². The van der Waals surface area contributed by atoms with Gasteiger partial charge in [-0.05, 0) is 13.0 Å². The molecule has 1 N–H and O–H groups in total. The van der Waals surface area contributed by atoms with Crippen LogP contribution in [0.2, 0.25) is 0 Å². The molecule has 52 valence electrons. The number of hydrogen-bond acceptors (Lipinski definition) is 3. The first-order valence-corrected chi connectivity index (χ1v) is 3.53. The zero-order valence-electron chi connectivity index (χ0n) is 5.50. The number of hydrogen-bond donors (Lipinski definition) is 1. The SMILES string of the molecule is CC(=O)SC(C)/C=C/O. The van der Waals surface area contributed by atoms with Crippen molar-refractivity contribution in [2.24, 2.45) is 0 Å². The van der Waals surface area contributed by atoms with E-state index in [2.05, 4.69) is 0 Å². The normalized spacial score (nSPS) is 14.0. The maximum Gasteiger partial charge on any atom is 0.186 e. The van der Waals surface area contributed by atoms with Crippen molar-refractivity contribution in [1.82, 2.24) is 0 Å². The van der Waals surface area contributed by atoms with E-state index < -0.39 is 0 Å². The van der Waals surface area contributed by atoms with Gasteiger partial charge in [-0.15, -0.1) is 0 Å². The highest BCUT2D eigenvalue weighted by Gasteiger charge is 1.99. The van der Waals surface area contributed by atoms with E-state index in [0.717, 1.165) is 6.26 Å². The van der Waals surface area contributed by atoms with Gasteiger partial charge in [0.2, 0.25) is 0 Å². The number of aliphatic hydroxyl groups excluding tert-OH is 1. The van der Waals surface area contributed by atoms with Gasteiger partial charge in [0.15, 0.2) is 5.12 Å². The largest absolute Gasteiger partial charge is 0.516 e. The maximum absolute atomic E-state index is 10.4. The molecule has 0 amide bonds. The zero-order valence-corrected chi connectivity index (χ0v) is 6.31. The second-order valence-corrected chi connectivity index (χ2v) is 3.21. The van der Waals surface area contributed by atoms with Gasteiger partial charge in [0.05, 0.1) is 6.26 Å². The van der Waals surface area contributed by atoms with Gasteiger partial charge in [-0.2, -0.15) is 0 Å². The lowest BCUT2D eigenvalue weighted by molar-refractivity contribution is -0.109. The lowest BCUT2D eigenvalue weighted by Gasteiger charge is -1.98. The maximum atomic E-state index is 10.4. The Hall–Kier alpha value is -0.440. The third kappa shape index (κ3) is 5.43. The van der Waals surface area contributed by atoms with Gasteiger partial charge in [0, 0.05) is 12.2 Å². The molecule has 0 saturated carbocycles. The molecule has 0 fully saturated rings. The summed E-state index contributed by atoms with van der Waals surface area (Å²) in [7, 11) is 0. The number of rotatable bonds is 2. The minimum atomic E-state index is 0.0700. The summed E-state index contributed by atoms with van der Waals surface area (Å²) in [6, 6.07) is 0. The summed E-state index contributed by atoms with van der Waals surface area (Å²) >= 11 is 1.19. The average Bonchev–Trinajstić information content (AvgIpc) is 1.63. The van der Waals surface area contributed by atoms with E-state index in [4.69, 9.17) is 5.11 Å². The minimum absolute atomic E-state index is 0.0700. The Morgan fingerprint density at radius 3 is 2.67 bits per heavy atom. The molecule has 0 aromatic rings. The Bertz CT molecular complexity index is 120. The molecule has 0 aliphatic rings. The molecule has 0 rings (SSSR count). The van der Waals surface area contributed by atoms with Crippen LogP contribution in [0.25, 0.3) is 0 Å². The summed E-state index contributed by atoms with van der Waals surface area (Å²) in [6.07, 6.45) is 2.52. The topological polar surface area (TPSA) is 37.3 Å². The fourth-order valence-electron chi connectivity index (χ4n) is 0.422. The molecule has 1 unspecified atom stereocenters. The first-order chi connectivity index (χ1) is 4.16. The molecular weight excluding hydrogens is 136 g/mol. The predicted molar refractivity (Wildman–Crippen MR) is 39.5 cm³/mol. The van der Waals surface area contributed by atoms with Crippen molar-refractivity contribution in [2.75, 3.05) is 0 Å². The molecule has 9 heavy (non-hydrogen) atoms. The van der Waals surface area contributed by atoms with Crippen LogP contribution in [-0.2, 0) is 4.79 Å². The molecule has 0 heterocycles. The molecular formula is C6H10O2S. The fourth-order valence-corrected chi connectivity index (χ4v) is 1.09. The van der Waals surface area contributed by atoms with E-state index in [9.17, 15) is 4.79 Å². The summed E-state index contributed by atoms with van der Waals surface area (Å²) in [5.74, 6) is 0. The molecule has 0 aromatic carbocycles. The van der Waals surface area contributed by atoms with Crippen molar-refractivity contribution < 1.29 is 9.90 Å². The zero-order chi connectivity index (χ0) is 7.28. The minimum Gasteiger partial charge on any atom is -0.516 e. The van der Waals surface area contributed by atoms with Gasteiger partial charge in [0.25, 0.3) is 0 Å². The van der Waals surface area contributed by atoms with Gasteiger partial charge in [-0.1, -0.05) is 11.8 Å². The third-order valence-electron chi connectivity index (χ3n) is 0.709. The highest BCUT2D eigenvalue weighted by molar-refractivity contribution is 8.14. The lowest BCUT2D eigenvalue weighted by Crippen LogP contribution is -1.94. The highest BCUT2D eigenvalue weighted by atomic mass is 32.2. The van der Waals surface area contributed by atoms with Crippen molar-refractivity contribution in [1.29, 1.82) is 0 Å². The Balaban J connectivity index is 3.50. The van der Waals surface area contributed by atoms with E-state index >= 15 is 0 Å². The number of thioether (sulfide) groups is 1. The van der Waals surface area contributed by atoms with Gasteiger partial charge in [-0.3, -0.25) is 4.79 Å². The first-order valence-electron chi connectivity index (χ1n) is 2.65. The van der Waals surface area contributed by atoms with Crippen LogP contribution in [0.1, 0.15) is 13.8 Å². The van der Waals surface area contributed by atoms with Gasteiger partial charge >= 0.3 is 0 Å². The summed E-state index contributed by atoms with van der Waals surface area (Å²) in [4.78, 5) is 10.4. The number of aliphatic hydroxyl groups is 1. The average molecular weight is 146 g/mol. The summed E-state index contributed by atoms with van der Waals surface area (Å²) in [5, 5.41) is 8.39. The third-order valence-corrected chi connectivity index (χ3v) is 1.57. The van der Waals surface area contributed by atoms with E-state index in [0.29, 0.717) is 0 Å². The van der Waals surface area contributed by atoms with Crippen LogP contribution in [0.15, 0.2) is 12.3 Å². The standard InChI is InChI=1S/C6H10O2S/c1-5(3-4-7)9-6(2)8/h3-5,7H,1-2H3/b4-3+. The fraction of sp³-hybridized carbons (Fsp3) is 0.500. The smallest absolute Gasteiger partial charge is 0.186 e. The second-order valence-electron chi connectivity index (χ2n) is 1.66. The summed E-state index contributed by atoms with van der Waals surface area (Å²) < 4.78 is 0. The Morgan fingerprint density at radius 1 is 1.78 bits per heavy atom. The van der Waals surface area contributed by atoms with Gasteiger partial charge in [-0.25, -0.2) is 0 Å². The molecule has 1 atom stereocenters. The molecule has 2 nitrogen and oxygen atoms in total. The Morgan fingerprint density at radius 2 is 2.33 bits per heavy atom. The lowest BCUT2D eigenvalue weighted by atomic mass is 10.5. The molecule has 0 aliphatic heterocycles. The van der Waals surface area contributed by atoms with Crippen LogP contribution in [-0.4, -0.2) is 15.5 Å². The van der Waals surface area contributed by atoms with Crippen LogP contribution in [0.3, 0.4) is 0 Å². The van der Waals surface area contributed by atoms with Crippen LogP contribution >= 0.6 is 11.8 Å². The van der Waals surface area contributed by atoms with E-state index in [-0.39, 0.29) is 10.4 Å².